The summed E-state index contributed by atoms with van der Waals surface area (Å²) in [6, 6.07) is 18.0. The van der Waals surface area contributed by atoms with Crippen LogP contribution in [0.15, 0.2) is 54.6 Å². The van der Waals surface area contributed by atoms with Crippen LogP contribution in [0, 0.1) is 0 Å². The molecule has 0 atom stereocenters. The summed E-state index contributed by atoms with van der Waals surface area (Å²) in [6.07, 6.45) is 21.5. The second-order valence-corrected chi connectivity index (χ2v) is 27.4. The van der Waals surface area contributed by atoms with Crippen LogP contribution in [0.1, 0.15) is 138 Å². The number of anilines is 11. The van der Waals surface area contributed by atoms with Crippen LogP contribution >= 0.6 is 46.4 Å². The Labute approximate surface area is 627 Å². The van der Waals surface area contributed by atoms with Gasteiger partial charge in [0.05, 0.1) is 36.4 Å². The van der Waals surface area contributed by atoms with E-state index >= 15 is 0 Å². The molecule has 0 bridgehead atoms. The third kappa shape index (κ3) is 27.1. The minimum Gasteiger partial charge on any atom is -0.495 e. The maximum atomic E-state index is 6.32. The zero-order chi connectivity index (χ0) is 69.9. The molecule has 0 radical (unpaired) electrons. The lowest BCUT2D eigenvalue weighted by atomic mass is 10.0. The predicted molar refractivity (Wildman–Crippen MR) is 422 cm³/mol. The summed E-state index contributed by atoms with van der Waals surface area (Å²) in [7, 11) is 15.3. The number of likely N-dealkylation sites (tertiary alicyclic amines) is 2. The van der Waals surface area contributed by atoms with Gasteiger partial charge in [-0.1, -0.05) is 95.6 Å². The number of ether oxygens (including phenoxy) is 3. The quantitative estimate of drug-likeness (QED) is 0.0353. The Bertz CT molecular complexity index is 3380. The zero-order valence-electron chi connectivity index (χ0n) is 59.0. The summed E-state index contributed by atoms with van der Waals surface area (Å²) >= 11 is 24.8. The van der Waals surface area contributed by atoms with E-state index < -0.39 is 0 Å². The van der Waals surface area contributed by atoms with Crippen molar-refractivity contribution in [1.29, 1.82) is 0 Å². The molecule has 0 spiro atoms. The number of hydrogen-bond acceptors (Lipinski definition) is 27. The second kappa shape index (κ2) is 44.2. The van der Waals surface area contributed by atoms with Crippen LogP contribution in [0.25, 0.3) is 0 Å². The number of nitrogens with one attached hydrogen (secondary N) is 8. The number of nitrogens with zero attached hydrogens (tertiary/aromatic N) is 16. The van der Waals surface area contributed by atoms with Gasteiger partial charge in [-0.15, -0.1) is 0 Å². The third-order valence-electron chi connectivity index (χ3n) is 18.5. The van der Waals surface area contributed by atoms with E-state index in [1.165, 1.54) is 90.1 Å². The molecule has 3 aromatic heterocycles. The number of hydrazine groups is 3. The lowest BCUT2D eigenvalue weighted by molar-refractivity contribution is 0.240. The molecule has 6 aromatic rings. The van der Waals surface area contributed by atoms with Crippen LogP contribution < -0.4 is 66.9 Å². The fourth-order valence-corrected chi connectivity index (χ4v) is 13.4. The van der Waals surface area contributed by atoms with Gasteiger partial charge in [-0.2, -0.15) is 44.9 Å². The van der Waals surface area contributed by atoms with Gasteiger partial charge in [0, 0.05) is 88.6 Å². The normalized spacial score (nSPS) is 17.6. The van der Waals surface area contributed by atoms with Crippen LogP contribution in [-0.4, -0.2) is 223 Å². The molecule has 6 fully saturated rings. The molecule has 3 aromatic carbocycles. The molecule has 0 saturated carbocycles. The van der Waals surface area contributed by atoms with Gasteiger partial charge in [0.1, 0.15) is 17.2 Å². The Kier molecular flexibility index (Phi) is 36.6. The summed E-state index contributed by atoms with van der Waals surface area (Å²) in [5.41, 5.74) is 12.4. The van der Waals surface area contributed by atoms with Crippen molar-refractivity contribution in [1.82, 2.24) is 80.3 Å². The van der Waals surface area contributed by atoms with Gasteiger partial charge in [0.15, 0.2) is 0 Å². The molecule has 0 aliphatic carbocycles. The summed E-state index contributed by atoms with van der Waals surface area (Å²) < 4.78 is 15.7. The van der Waals surface area contributed by atoms with Crippen molar-refractivity contribution in [2.75, 3.05) is 177 Å². The van der Waals surface area contributed by atoms with Crippen molar-refractivity contribution >= 4 is 111 Å². The number of aromatic nitrogens is 9. The first-order chi connectivity index (χ1) is 48.1. The van der Waals surface area contributed by atoms with Crippen LogP contribution in [-0.2, 0) is 0 Å². The van der Waals surface area contributed by atoms with E-state index in [1.54, 1.807) is 33.5 Å². The lowest BCUT2D eigenvalue weighted by Crippen LogP contribution is -2.42. The van der Waals surface area contributed by atoms with E-state index in [9.17, 15) is 0 Å². The minimum atomic E-state index is 0. The van der Waals surface area contributed by atoms with Crippen molar-refractivity contribution in [2.45, 2.75) is 156 Å². The average molecular weight is 1500 g/mol. The summed E-state index contributed by atoms with van der Waals surface area (Å²) in [5, 5.41) is 24.6. The maximum absolute atomic E-state index is 6.32. The van der Waals surface area contributed by atoms with Crippen LogP contribution in [0.3, 0.4) is 0 Å². The molecule has 6 aliphatic rings. The highest BCUT2D eigenvalue weighted by molar-refractivity contribution is 6.33. The first kappa shape index (κ1) is 84.3. The van der Waals surface area contributed by atoms with Crippen LogP contribution in [0.4, 0.5) is 64.6 Å². The largest absolute Gasteiger partial charge is 0.495 e. The smallest absolute Gasteiger partial charge is 0.244 e. The molecule has 31 heteroatoms. The molecule has 12 rings (SSSR count). The Morgan fingerprint density at radius 2 is 0.706 bits per heavy atom. The summed E-state index contributed by atoms with van der Waals surface area (Å²) in [6.45, 7) is 12.6. The van der Waals surface area contributed by atoms with Gasteiger partial charge in [-0.05, 0) is 204 Å². The number of hydrogen-bond donors (Lipinski definition) is 8. The van der Waals surface area contributed by atoms with E-state index in [0.29, 0.717) is 92.0 Å². The number of methoxy groups -OCH3 is 3. The second-order valence-electron chi connectivity index (χ2n) is 25.9. The Morgan fingerprint density at radius 3 is 1.04 bits per heavy atom. The molecule has 0 amide bonds. The number of piperidine rings is 3. The van der Waals surface area contributed by atoms with E-state index in [-0.39, 0.29) is 27.6 Å². The highest BCUT2D eigenvalue weighted by atomic mass is 35.5. The van der Waals surface area contributed by atoms with Gasteiger partial charge in [0.25, 0.3) is 0 Å². The minimum absolute atomic E-state index is 0. The van der Waals surface area contributed by atoms with E-state index in [2.05, 4.69) is 138 Å². The molecule has 27 nitrogen and oxygen atoms in total. The van der Waals surface area contributed by atoms with Gasteiger partial charge >= 0.3 is 0 Å². The monoisotopic (exact) mass is 1490 g/mol. The topological polar surface area (TPSA) is 263 Å². The highest BCUT2D eigenvalue weighted by Crippen LogP contribution is 2.33. The molecule has 8 N–H and O–H groups in total. The zero-order valence-corrected chi connectivity index (χ0v) is 62.1. The Morgan fingerprint density at radius 1 is 0.402 bits per heavy atom. The molecule has 6 saturated heterocycles. The van der Waals surface area contributed by atoms with E-state index in [1.807, 2.05) is 42.5 Å². The molecule has 6 aliphatic heterocycles. The SMILES string of the molecule is C.C.C.CNC1CCN(C)CC1.COc1ccc(Nc2nc(Cl)nc(NN3CCCCCC3)n2)cc1Cl.COc1ccc(Nc2nc(NN3CCCCCC3)nc(N(C)C3CCN(C)CC3)n2)cc1Cl.COc1ccc(Nc2nc(NN3CCCCCC3)nc(N(C)C3CCNCC3)n2)cc1Cl. The number of rotatable bonds is 20. The van der Waals surface area contributed by atoms with Crippen LogP contribution in [0.5, 0.6) is 17.2 Å². The predicted octanol–water partition coefficient (Wildman–Crippen LogP) is 14.0. The van der Waals surface area contributed by atoms with Gasteiger partial charge in [0.2, 0.25) is 52.9 Å². The molecule has 102 heavy (non-hydrogen) atoms. The van der Waals surface area contributed by atoms with Gasteiger partial charge in [-0.25, -0.2) is 15.0 Å². The Balaban J connectivity index is 0.000000225. The highest BCUT2D eigenvalue weighted by Gasteiger charge is 2.26. The Hall–Kier alpha value is -6.63. The van der Waals surface area contributed by atoms with Crippen molar-refractivity contribution in [3.63, 3.8) is 0 Å². The first-order valence-corrected chi connectivity index (χ1v) is 36.6. The fourth-order valence-electron chi connectivity index (χ4n) is 12.5. The molecule has 0 unspecified atom stereocenters. The average Bonchev–Trinajstić information content (AvgIpc) is 0.907. The molecule has 9 heterocycles. The third-order valence-corrected chi connectivity index (χ3v) is 19.6. The van der Waals surface area contributed by atoms with E-state index in [0.717, 1.165) is 127 Å². The molecule has 566 valence electrons. The van der Waals surface area contributed by atoms with Gasteiger partial charge < -0.3 is 60.4 Å². The van der Waals surface area contributed by atoms with Crippen molar-refractivity contribution in [2.24, 2.45) is 0 Å². The summed E-state index contributed by atoms with van der Waals surface area (Å²) in [4.78, 5) is 50.1. The molecular formula is C71H116Cl4N24O3. The lowest BCUT2D eigenvalue weighted by Gasteiger charge is -2.35. The number of benzene rings is 3. The van der Waals surface area contributed by atoms with E-state index in [4.69, 9.17) is 80.6 Å². The molecular weight excluding hydrogens is 1380 g/mol. The first-order valence-electron chi connectivity index (χ1n) is 35.1. The summed E-state index contributed by atoms with van der Waals surface area (Å²) in [5.74, 6) is 6.03. The van der Waals surface area contributed by atoms with Crippen LogP contribution in [0.2, 0.25) is 20.4 Å². The fraction of sp³-hybridized carbons (Fsp3) is 0.620. The standard InChI is InChI=1S/C23H35ClN8O.C22H33ClN8O.C16H20Cl2N6O.C7H16N2.3CH4/c1-30-14-10-18(11-15-30)31(2)23-27-21(25-17-8-9-20(33-3)19(24)16-17)26-22(28-23)29-32-12-6-4-5-7-13-32;1-30(17-9-11-24-12-10-17)22-27-20(25-16-7-8-19(32-2)18(23)15-16)26-21(28-22)29-31-13-5-3-4-6-14-31;1-25-13-7-6-11(10-12(13)17)19-15-20-14(18)21-16(22-15)23-24-8-4-2-3-5-9-24;1-8-7-3-5-9(2)6-4-7;;;/h8-9,16,18H,4-7,10-15H2,1-3H3,(H2,25,26,27,28,29);7-8,15,17,24H,3-6,9-14H2,1-2H3,(H2,25,26,27,28,29);6-7,10H,2-5,8-9H2,1H3,(H2,19,20,21,22,23);7-8H,3-6H2,1-2H3;3*1H4. The van der Waals surface area contributed by atoms with Gasteiger partial charge in [-0.3, -0.25) is 16.3 Å². The van der Waals surface area contributed by atoms with Crippen molar-refractivity contribution in [3.05, 3.63) is 74.9 Å². The maximum Gasteiger partial charge on any atom is 0.244 e. The van der Waals surface area contributed by atoms with Crippen molar-refractivity contribution < 1.29 is 14.2 Å². The number of halogens is 4. The van der Waals surface area contributed by atoms with Crippen molar-refractivity contribution in [3.8, 4) is 17.2 Å².